The van der Waals surface area contributed by atoms with Crippen LogP contribution in [0.15, 0.2) is 0 Å². The van der Waals surface area contributed by atoms with Crippen molar-refractivity contribution in [3.8, 4) is 0 Å². The third-order valence-electron chi connectivity index (χ3n) is 9.37. The van der Waals surface area contributed by atoms with Crippen molar-refractivity contribution in [2.45, 2.75) is 116 Å². The Morgan fingerprint density at radius 3 is 2.00 bits per heavy atom. The van der Waals surface area contributed by atoms with Gasteiger partial charge in [-0.2, -0.15) is 4.31 Å². The van der Waals surface area contributed by atoms with E-state index in [-0.39, 0.29) is 35.2 Å². The third kappa shape index (κ3) is 4.30. The van der Waals surface area contributed by atoms with E-state index in [0.717, 1.165) is 70.6 Å². The fraction of sp³-hybridized carbons (Fsp3) is 0.958. The molecule has 0 amide bonds. The molecule has 31 heavy (non-hydrogen) atoms. The van der Waals surface area contributed by atoms with Crippen LogP contribution in [0.3, 0.4) is 0 Å². The Morgan fingerprint density at radius 2 is 1.52 bits per heavy atom. The van der Waals surface area contributed by atoms with Crippen molar-refractivity contribution < 1.29 is 17.9 Å². The van der Waals surface area contributed by atoms with Crippen molar-refractivity contribution in [3.63, 3.8) is 0 Å². The van der Waals surface area contributed by atoms with E-state index in [1.54, 1.807) is 0 Å². The lowest BCUT2D eigenvalue weighted by Crippen LogP contribution is -2.54. The average molecular weight is 474 g/mol. The Balaban J connectivity index is 1.65. The molecule has 7 heteroatoms. The number of ether oxygens (including phenoxy) is 1. The van der Waals surface area contributed by atoms with Gasteiger partial charge in [-0.05, 0) is 56.3 Å². The minimum atomic E-state index is -3.49. The smallest absolute Gasteiger partial charge is 0.321 e. The number of hydrogen-bond acceptors (Lipinski definition) is 4. The van der Waals surface area contributed by atoms with E-state index >= 15 is 0 Å². The lowest BCUT2D eigenvalue weighted by Gasteiger charge is -2.46. The zero-order valence-corrected chi connectivity index (χ0v) is 20.9. The second-order valence-corrected chi connectivity index (χ2v) is 13.3. The fourth-order valence-corrected chi connectivity index (χ4v) is 10.4. The fourth-order valence-electron chi connectivity index (χ4n) is 7.52. The van der Waals surface area contributed by atoms with Gasteiger partial charge in [0, 0.05) is 17.5 Å². The predicted octanol–water partition coefficient (Wildman–Crippen LogP) is 5.26. The molecule has 4 fully saturated rings. The number of esters is 1. The van der Waals surface area contributed by atoms with Gasteiger partial charge in [0.1, 0.15) is 12.0 Å². The maximum atomic E-state index is 14.2. The molecule has 0 radical (unpaired) electrons. The number of nitrogens with zero attached hydrogens (tertiary/aromatic N) is 1. The standard InChI is InChI=1S/C24H40ClNO4S/c1-23(2)18-13-14-24(23,21(15-18)30-22(27)16-25)17-31(28,29)26(19-9-5-3-6-10-19)20-11-7-4-8-12-20/h18-21H,3-17H2,1-2H3. The lowest BCUT2D eigenvalue weighted by molar-refractivity contribution is -0.153. The van der Waals surface area contributed by atoms with Crippen molar-refractivity contribution >= 4 is 27.6 Å². The molecule has 3 unspecified atom stereocenters. The summed E-state index contributed by atoms with van der Waals surface area (Å²) in [7, 11) is -3.49. The van der Waals surface area contributed by atoms with Gasteiger partial charge in [-0.15, -0.1) is 11.6 Å². The number of rotatable bonds is 7. The van der Waals surface area contributed by atoms with Crippen LogP contribution in [0.25, 0.3) is 0 Å². The van der Waals surface area contributed by atoms with E-state index in [4.69, 9.17) is 16.3 Å². The van der Waals surface area contributed by atoms with Crippen molar-refractivity contribution in [1.82, 2.24) is 4.31 Å². The summed E-state index contributed by atoms with van der Waals surface area (Å²) in [4.78, 5) is 12.1. The van der Waals surface area contributed by atoms with Crippen LogP contribution in [-0.4, -0.2) is 48.5 Å². The lowest BCUT2D eigenvalue weighted by atomic mass is 9.69. The van der Waals surface area contributed by atoms with E-state index in [1.807, 2.05) is 4.31 Å². The minimum Gasteiger partial charge on any atom is -0.461 e. The molecule has 4 rings (SSSR count). The number of fused-ring (bicyclic) bond motifs is 2. The molecular weight excluding hydrogens is 434 g/mol. The molecule has 0 aliphatic heterocycles. The van der Waals surface area contributed by atoms with Gasteiger partial charge in [-0.1, -0.05) is 52.4 Å². The second kappa shape index (κ2) is 9.13. The average Bonchev–Trinajstić information content (AvgIpc) is 3.09. The first kappa shape index (κ1) is 23.8. The Bertz CT molecular complexity index is 740. The summed E-state index contributed by atoms with van der Waals surface area (Å²) in [6.45, 7) is 4.39. The maximum absolute atomic E-state index is 14.2. The maximum Gasteiger partial charge on any atom is 0.321 e. The number of carbonyl (C=O) groups is 1. The third-order valence-corrected chi connectivity index (χ3v) is 11.7. The summed E-state index contributed by atoms with van der Waals surface area (Å²) in [6.07, 6.45) is 13.1. The van der Waals surface area contributed by atoms with E-state index in [2.05, 4.69) is 13.8 Å². The van der Waals surface area contributed by atoms with Gasteiger partial charge in [-0.25, -0.2) is 8.42 Å². The first-order chi connectivity index (χ1) is 14.7. The topological polar surface area (TPSA) is 63.7 Å². The van der Waals surface area contributed by atoms with Gasteiger partial charge >= 0.3 is 5.97 Å². The van der Waals surface area contributed by atoms with Crippen molar-refractivity contribution in [3.05, 3.63) is 0 Å². The zero-order valence-electron chi connectivity index (χ0n) is 19.3. The molecule has 0 saturated heterocycles. The molecule has 0 aromatic heterocycles. The van der Waals surface area contributed by atoms with E-state index in [1.165, 1.54) is 12.8 Å². The van der Waals surface area contributed by atoms with Crippen LogP contribution < -0.4 is 0 Å². The van der Waals surface area contributed by atoms with Gasteiger partial charge in [0.2, 0.25) is 10.0 Å². The van der Waals surface area contributed by atoms with Gasteiger partial charge in [0.25, 0.3) is 0 Å². The van der Waals surface area contributed by atoms with Crippen LogP contribution in [0.1, 0.15) is 97.3 Å². The van der Waals surface area contributed by atoms with E-state index < -0.39 is 21.4 Å². The van der Waals surface area contributed by atoms with Gasteiger partial charge in [0.05, 0.1) is 5.75 Å². The predicted molar refractivity (Wildman–Crippen MR) is 124 cm³/mol. The summed E-state index contributed by atoms with van der Waals surface area (Å²) >= 11 is 5.73. The highest BCUT2D eigenvalue weighted by atomic mass is 35.5. The monoisotopic (exact) mass is 473 g/mol. The first-order valence-corrected chi connectivity index (χ1v) is 14.6. The first-order valence-electron chi connectivity index (χ1n) is 12.5. The number of carbonyl (C=O) groups excluding carboxylic acids is 1. The Morgan fingerprint density at radius 1 is 0.968 bits per heavy atom. The van der Waals surface area contributed by atoms with Crippen LogP contribution >= 0.6 is 11.6 Å². The molecule has 0 N–H and O–H groups in total. The SMILES string of the molecule is CC1(C)C2CCC1(CS(=O)(=O)N(C1CCCCC1)C1CCCCC1)C(OC(=O)CCl)C2. The summed E-state index contributed by atoms with van der Waals surface area (Å²) in [5.74, 6) is -0.103. The highest BCUT2D eigenvalue weighted by Gasteiger charge is 2.67. The van der Waals surface area contributed by atoms with Gasteiger partial charge in [-0.3, -0.25) is 4.79 Å². The van der Waals surface area contributed by atoms with Crippen molar-refractivity contribution in [1.29, 1.82) is 0 Å². The Hall–Kier alpha value is -0.330. The molecule has 2 bridgehead atoms. The number of alkyl halides is 1. The Labute approximate surface area is 193 Å². The largest absolute Gasteiger partial charge is 0.461 e. The molecule has 3 atom stereocenters. The highest BCUT2D eigenvalue weighted by Crippen LogP contribution is 2.67. The second-order valence-electron chi connectivity index (χ2n) is 11.1. The van der Waals surface area contributed by atoms with Crippen LogP contribution in [0.5, 0.6) is 0 Å². The molecule has 0 heterocycles. The molecule has 0 aromatic carbocycles. The van der Waals surface area contributed by atoms with Crippen LogP contribution in [-0.2, 0) is 19.6 Å². The van der Waals surface area contributed by atoms with Crippen LogP contribution in [0.2, 0.25) is 0 Å². The number of halogens is 1. The summed E-state index contributed by atoms with van der Waals surface area (Å²) in [5.41, 5.74) is -0.679. The molecule has 4 aliphatic carbocycles. The molecule has 178 valence electrons. The summed E-state index contributed by atoms with van der Waals surface area (Å²) in [5, 5.41) is 0. The minimum absolute atomic E-state index is 0.108. The molecule has 0 spiro atoms. The quantitative estimate of drug-likeness (QED) is 0.373. The zero-order chi connectivity index (χ0) is 22.3. The van der Waals surface area contributed by atoms with Crippen LogP contribution in [0, 0.1) is 16.7 Å². The molecule has 0 aromatic rings. The summed E-state index contributed by atoms with van der Waals surface area (Å²) in [6, 6.07) is 0.285. The Kier molecular flexibility index (Phi) is 7.02. The van der Waals surface area contributed by atoms with E-state index in [9.17, 15) is 13.2 Å². The normalized spacial score (nSPS) is 34.3. The van der Waals surface area contributed by atoms with Crippen molar-refractivity contribution in [2.24, 2.45) is 16.7 Å². The van der Waals surface area contributed by atoms with E-state index in [0.29, 0.717) is 5.92 Å². The van der Waals surface area contributed by atoms with Gasteiger partial charge < -0.3 is 4.74 Å². The van der Waals surface area contributed by atoms with Crippen LogP contribution in [0.4, 0.5) is 0 Å². The molecule has 5 nitrogen and oxygen atoms in total. The van der Waals surface area contributed by atoms with Crippen molar-refractivity contribution in [2.75, 3.05) is 11.6 Å². The summed E-state index contributed by atoms with van der Waals surface area (Å²) < 4.78 is 36.2. The molecular formula is C24H40ClNO4S. The highest BCUT2D eigenvalue weighted by molar-refractivity contribution is 7.89. The van der Waals surface area contributed by atoms with Gasteiger partial charge in [0.15, 0.2) is 0 Å². The number of hydrogen-bond donors (Lipinski definition) is 0. The number of sulfonamides is 1. The molecule has 4 aliphatic rings. The molecule has 4 saturated carbocycles.